The first kappa shape index (κ1) is 18.1. The van der Waals surface area contributed by atoms with Crippen molar-refractivity contribution < 1.29 is 13.9 Å². The van der Waals surface area contributed by atoms with Crippen molar-refractivity contribution in [2.75, 3.05) is 33.4 Å². The van der Waals surface area contributed by atoms with E-state index in [1.807, 2.05) is 31.6 Å². The molecule has 3 heterocycles. The van der Waals surface area contributed by atoms with Gasteiger partial charge in [0.25, 0.3) is 0 Å². The fraction of sp³-hybridized carbons (Fsp3) is 0.611. The standard InChI is InChI=1S/C18H28N4O3/c1-4-22-9-10-24-16(17(22)18-20-7-8-21(18)2)12-19-11-14-5-6-15(25-14)13-23-3/h5-8,16-17,19H,4,9-13H2,1-3H3/t16-,17+/m0/s1. The van der Waals surface area contributed by atoms with Gasteiger partial charge in [-0.3, -0.25) is 4.90 Å². The molecule has 138 valence electrons. The fourth-order valence-corrected chi connectivity index (χ4v) is 3.38. The second-order valence-corrected chi connectivity index (χ2v) is 6.31. The van der Waals surface area contributed by atoms with Crippen LogP contribution in [0.25, 0.3) is 0 Å². The Hall–Kier alpha value is -1.67. The second kappa shape index (κ2) is 8.62. The Morgan fingerprint density at radius 1 is 1.36 bits per heavy atom. The number of aryl methyl sites for hydroxylation is 1. The highest BCUT2D eigenvalue weighted by Gasteiger charge is 2.35. The van der Waals surface area contributed by atoms with Gasteiger partial charge in [-0.25, -0.2) is 4.98 Å². The molecule has 7 heteroatoms. The summed E-state index contributed by atoms with van der Waals surface area (Å²) in [7, 11) is 3.70. The van der Waals surface area contributed by atoms with E-state index >= 15 is 0 Å². The maximum absolute atomic E-state index is 6.08. The smallest absolute Gasteiger partial charge is 0.129 e. The monoisotopic (exact) mass is 348 g/mol. The van der Waals surface area contributed by atoms with Crippen molar-refractivity contribution in [1.82, 2.24) is 19.8 Å². The number of hydrogen-bond acceptors (Lipinski definition) is 6. The summed E-state index contributed by atoms with van der Waals surface area (Å²) in [5.74, 6) is 2.80. The van der Waals surface area contributed by atoms with Crippen LogP contribution in [0.4, 0.5) is 0 Å². The van der Waals surface area contributed by atoms with E-state index in [1.54, 1.807) is 7.11 Å². The highest BCUT2D eigenvalue weighted by molar-refractivity contribution is 5.07. The normalized spacial score (nSPS) is 21.7. The van der Waals surface area contributed by atoms with Crippen molar-refractivity contribution in [2.45, 2.75) is 32.2 Å². The van der Waals surface area contributed by atoms with E-state index in [2.05, 4.69) is 26.7 Å². The lowest BCUT2D eigenvalue weighted by molar-refractivity contribution is -0.0731. The van der Waals surface area contributed by atoms with Crippen LogP contribution in [0.5, 0.6) is 0 Å². The lowest BCUT2D eigenvalue weighted by Gasteiger charge is -2.40. The van der Waals surface area contributed by atoms with E-state index in [4.69, 9.17) is 13.9 Å². The molecular weight excluding hydrogens is 320 g/mol. The molecule has 25 heavy (non-hydrogen) atoms. The van der Waals surface area contributed by atoms with Crippen LogP contribution in [0.15, 0.2) is 28.9 Å². The van der Waals surface area contributed by atoms with Crippen LogP contribution in [0.3, 0.4) is 0 Å². The first-order valence-electron chi connectivity index (χ1n) is 8.83. The Bertz CT molecular complexity index is 654. The Kier molecular flexibility index (Phi) is 6.25. The van der Waals surface area contributed by atoms with Gasteiger partial charge in [-0.05, 0) is 18.7 Å². The molecule has 7 nitrogen and oxygen atoms in total. The molecule has 2 aromatic rings. The number of methoxy groups -OCH3 is 1. The predicted octanol–water partition coefficient (Wildman–Crippen LogP) is 1.71. The lowest BCUT2D eigenvalue weighted by atomic mass is 10.1. The number of ether oxygens (including phenoxy) is 2. The van der Waals surface area contributed by atoms with E-state index < -0.39 is 0 Å². The average molecular weight is 348 g/mol. The van der Waals surface area contributed by atoms with Crippen molar-refractivity contribution >= 4 is 0 Å². The van der Waals surface area contributed by atoms with Crippen molar-refractivity contribution in [3.05, 3.63) is 41.9 Å². The number of nitrogens with zero attached hydrogens (tertiary/aromatic N) is 3. The molecule has 1 N–H and O–H groups in total. The minimum Gasteiger partial charge on any atom is -0.462 e. The molecule has 1 saturated heterocycles. The number of rotatable bonds is 8. The molecule has 2 atom stereocenters. The van der Waals surface area contributed by atoms with Crippen molar-refractivity contribution in [2.24, 2.45) is 7.05 Å². The Morgan fingerprint density at radius 3 is 2.92 bits per heavy atom. The first-order chi connectivity index (χ1) is 12.2. The van der Waals surface area contributed by atoms with Crippen LogP contribution in [0.1, 0.15) is 30.3 Å². The number of hydrogen-bond donors (Lipinski definition) is 1. The van der Waals surface area contributed by atoms with Crippen LogP contribution in [-0.4, -0.2) is 53.9 Å². The summed E-state index contributed by atoms with van der Waals surface area (Å²) in [6.45, 7) is 6.76. The third kappa shape index (κ3) is 4.30. The molecule has 3 rings (SSSR count). The number of morpholine rings is 1. The number of imidazole rings is 1. The molecule has 0 spiro atoms. The zero-order valence-electron chi connectivity index (χ0n) is 15.3. The molecule has 0 aliphatic carbocycles. The molecule has 0 aromatic carbocycles. The van der Waals surface area contributed by atoms with Gasteiger partial charge in [-0.2, -0.15) is 0 Å². The van der Waals surface area contributed by atoms with E-state index in [9.17, 15) is 0 Å². The molecule has 1 aliphatic heterocycles. The Balaban J connectivity index is 1.61. The quantitative estimate of drug-likeness (QED) is 0.784. The van der Waals surface area contributed by atoms with E-state index in [0.29, 0.717) is 13.2 Å². The van der Waals surface area contributed by atoms with Gasteiger partial charge in [0.2, 0.25) is 0 Å². The zero-order valence-corrected chi connectivity index (χ0v) is 15.3. The maximum Gasteiger partial charge on any atom is 0.129 e. The molecule has 2 aromatic heterocycles. The number of aromatic nitrogens is 2. The minimum absolute atomic E-state index is 0.0585. The molecule has 0 bridgehead atoms. The largest absolute Gasteiger partial charge is 0.462 e. The number of furan rings is 1. The molecule has 0 unspecified atom stereocenters. The zero-order chi connectivity index (χ0) is 17.6. The van der Waals surface area contributed by atoms with Crippen LogP contribution >= 0.6 is 0 Å². The highest BCUT2D eigenvalue weighted by atomic mass is 16.5. The summed E-state index contributed by atoms with van der Waals surface area (Å²) in [6.07, 6.45) is 3.90. The third-order valence-electron chi connectivity index (χ3n) is 4.63. The minimum atomic E-state index is 0.0585. The Morgan fingerprint density at radius 2 is 2.20 bits per heavy atom. The lowest BCUT2D eigenvalue weighted by Crippen LogP contribution is -2.49. The Labute approximate surface area is 148 Å². The predicted molar refractivity (Wildman–Crippen MR) is 94.1 cm³/mol. The molecule has 1 aliphatic rings. The van der Waals surface area contributed by atoms with Gasteiger partial charge in [-0.15, -0.1) is 0 Å². The van der Waals surface area contributed by atoms with Gasteiger partial charge in [0.05, 0.1) is 25.3 Å². The topological polar surface area (TPSA) is 64.7 Å². The van der Waals surface area contributed by atoms with Gasteiger partial charge < -0.3 is 23.8 Å². The van der Waals surface area contributed by atoms with E-state index in [-0.39, 0.29) is 12.1 Å². The number of nitrogens with one attached hydrogen (secondary N) is 1. The summed E-state index contributed by atoms with van der Waals surface area (Å²) in [5, 5.41) is 3.46. The van der Waals surface area contributed by atoms with E-state index in [1.165, 1.54) is 0 Å². The SMILES string of the molecule is CCN1CCO[C@@H](CNCc2ccc(COC)o2)[C@@H]1c1nccn1C. The van der Waals surface area contributed by atoms with Gasteiger partial charge in [0.15, 0.2) is 0 Å². The first-order valence-corrected chi connectivity index (χ1v) is 8.83. The highest BCUT2D eigenvalue weighted by Crippen LogP contribution is 2.27. The molecular formula is C18H28N4O3. The average Bonchev–Trinajstić information content (AvgIpc) is 3.24. The van der Waals surface area contributed by atoms with Gasteiger partial charge in [0, 0.05) is 39.6 Å². The van der Waals surface area contributed by atoms with Gasteiger partial charge in [0.1, 0.15) is 24.0 Å². The molecule has 1 fully saturated rings. The van der Waals surface area contributed by atoms with Crippen LogP contribution in [-0.2, 0) is 29.7 Å². The summed E-state index contributed by atoms with van der Waals surface area (Å²) in [5.41, 5.74) is 0. The van der Waals surface area contributed by atoms with Crippen molar-refractivity contribution in [3.63, 3.8) is 0 Å². The van der Waals surface area contributed by atoms with Crippen LogP contribution < -0.4 is 5.32 Å². The van der Waals surface area contributed by atoms with Crippen molar-refractivity contribution in [1.29, 1.82) is 0 Å². The maximum atomic E-state index is 6.08. The second-order valence-electron chi connectivity index (χ2n) is 6.31. The molecule has 0 radical (unpaired) electrons. The van der Waals surface area contributed by atoms with E-state index in [0.717, 1.165) is 43.6 Å². The van der Waals surface area contributed by atoms with Gasteiger partial charge >= 0.3 is 0 Å². The summed E-state index contributed by atoms with van der Waals surface area (Å²) >= 11 is 0. The summed E-state index contributed by atoms with van der Waals surface area (Å²) < 4.78 is 19.0. The summed E-state index contributed by atoms with van der Waals surface area (Å²) in [4.78, 5) is 6.99. The molecule has 0 saturated carbocycles. The van der Waals surface area contributed by atoms with Crippen LogP contribution in [0, 0.1) is 0 Å². The van der Waals surface area contributed by atoms with Gasteiger partial charge in [-0.1, -0.05) is 6.92 Å². The fourth-order valence-electron chi connectivity index (χ4n) is 3.38. The third-order valence-corrected chi connectivity index (χ3v) is 4.63. The molecule has 0 amide bonds. The summed E-state index contributed by atoms with van der Waals surface area (Å²) in [6, 6.07) is 4.09. The van der Waals surface area contributed by atoms with Crippen molar-refractivity contribution in [3.8, 4) is 0 Å². The number of likely N-dealkylation sites (N-methyl/N-ethyl adjacent to an activating group) is 1. The van der Waals surface area contributed by atoms with Crippen LogP contribution in [0.2, 0.25) is 0 Å².